The second-order valence-electron chi connectivity index (χ2n) is 6.19. The Bertz CT molecular complexity index is 909. The molecule has 6 nitrogen and oxygen atoms in total. The molecule has 3 rings (SSSR count). The number of hydrogen-bond donors (Lipinski definition) is 1. The molecule has 0 fully saturated rings. The largest absolute Gasteiger partial charge is 0.494 e. The van der Waals surface area contributed by atoms with Crippen LogP contribution in [0.15, 0.2) is 42.5 Å². The zero-order chi connectivity index (χ0) is 18.7. The van der Waals surface area contributed by atoms with Gasteiger partial charge in [0.05, 0.1) is 18.0 Å². The number of benzene rings is 2. The predicted octanol–water partition coefficient (Wildman–Crippen LogP) is 3.84. The van der Waals surface area contributed by atoms with Crippen molar-refractivity contribution in [3.8, 4) is 11.4 Å². The number of carbonyl (C=O) groups is 1. The number of nitrogens with zero attached hydrogens (tertiary/aromatic N) is 3. The molecular weight excluding hydrogens is 328 g/mol. The van der Waals surface area contributed by atoms with Gasteiger partial charge in [0.25, 0.3) is 5.91 Å². The van der Waals surface area contributed by atoms with Gasteiger partial charge in [0.1, 0.15) is 5.75 Å². The highest BCUT2D eigenvalue weighted by Gasteiger charge is 2.17. The summed E-state index contributed by atoms with van der Waals surface area (Å²) in [5, 5.41) is 11.1. The summed E-state index contributed by atoms with van der Waals surface area (Å²) in [4.78, 5) is 12.6. The van der Waals surface area contributed by atoms with Crippen molar-refractivity contribution in [1.82, 2.24) is 15.0 Å². The Labute approximate surface area is 152 Å². The number of nitrogens with one attached hydrogen (secondary N) is 1. The van der Waals surface area contributed by atoms with E-state index in [9.17, 15) is 4.79 Å². The van der Waals surface area contributed by atoms with Gasteiger partial charge in [-0.1, -0.05) is 11.3 Å². The molecule has 0 aliphatic rings. The number of aryl methyl sites for hydroxylation is 2. The van der Waals surface area contributed by atoms with Gasteiger partial charge < -0.3 is 10.1 Å². The van der Waals surface area contributed by atoms with Crippen LogP contribution >= 0.6 is 0 Å². The van der Waals surface area contributed by atoms with Crippen molar-refractivity contribution in [3.63, 3.8) is 0 Å². The molecular formula is C20H22N4O2. The molecule has 2 aromatic carbocycles. The van der Waals surface area contributed by atoms with E-state index in [0.29, 0.717) is 23.7 Å². The summed E-state index contributed by atoms with van der Waals surface area (Å²) >= 11 is 0. The average Bonchev–Trinajstić information content (AvgIpc) is 2.97. The lowest BCUT2D eigenvalue weighted by molar-refractivity contribution is 0.102. The second kappa shape index (κ2) is 7.39. The number of rotatable bonds is 5. The summed E-state index contributed by atoms with van der Waals surface area (Å²) in [6.07, 6.45) is 0. The molecule has 0 radical (unpaired) electrons. The van der Waals surface area contributed by atoms with Crippen molar-refractivity contribution >= 4 is 11.6 Å². The Balaban J connectivity index is 1.81. The quantitative estimate of drug-likeness (QED) is 0.759. The molecule has 0 unspecified atom stereocenters. The van der Waals surface area contributed by atoms with Gasteiger partial charge in [-0.3, -0.25) is 4.79 Å². The first-order valence-corrected chi connectivity index (χ1v) is 8.53. The summed E-state index contributed by atoms with van der Waals surface area (Å²) in [5.74, 6) is 0.477. The van der Waals surface area contributed by atoms with Gasteiger partial charge >= 0.3 is 0 Å². The monoisotopic (exact) mass is 350 g/mol. The van der Waals surface area contributed by atoms with Crippen LogP contribution < -0.4 is 10.1 Å². The summed E-state index contributed by atoms with van der Waals surface area (Å²) in [7, 11) is 0. The molecule has 0 aliphatic heterocycles. The van der Waals surface area contributed by atoms with Crippen molar-refractivity contribution < 1.29 is 9.53 Å². The van der Waals surface area contributed by atoms with E-state index < -0.39 is 0 Å². The summed E-state index contributed by atoms with van der Waals surface area (Å²) in [5.41, 5.74) is 4.84. The Kier molecular flexibility index (Phi) is 5.02. The Morgan fingerprint density at radius 2 is 1.73 bits per heavy atom. The highest BCUT2D eigenvalue weighted by molar-refractivity contribution is 6.03. The van der Waals surface area contributed by atoms with E-state index in [4.69, 9.17) is 4.74 Å². The van der Waals surface area contributed by atoms with Crippen molar-refractivity contribution in [3.05, 3.63) is 65.0 Å². The fourth-order valence-electron chi connectivity index (χ4n) is 2.85. The molecule has 1 amide bonds. The number of ether oxygens (including phenoxy) is 1. The normalized spacial score (nSPS) is 10.6. The highest BCUT2D eigenvalue weighted by Crippen LogP contribution is 2.19. The first-order chi connectivity index (χ1) is 12.5. The molecule has 26 heavy (non-hydrogen) atoms. The first-order valence-electron chi connectivity index (χ1n) is 8.53. The minimum Gasteiger partial charge on any atom is -0.494 e. The maximum atomic E-state index is 12.6. The molecule has 0 saturated carbocycles. The minimum absolute atomic E-state index is 0.290. The Morgan fingerprint density at radius 3 is 2.35 bits per heavy atom. The van der Waals surface area contributed by atoms with Crippen LogP contribution in [0.5, 0.6) is 5.75 Å². The second-order valence-corrected chi connectivity index (χ2v) is 6.19. The molecule has 134 valence electrons. The maximum Gasteiger partial charge on any atom is 0.278 e. The molecule has 6 heteroatoms. The highest BCUT2D eigenvalue weighted by atomic mass is 16.5. The van der Waals surface area contributed by atoms with E-state index in [1.807, 2.05) is 52.0 Å². The summed E-state index contributed by atoms with van der Waals surface area (Å²) in [6.45, 7) is 8.43. The van der Waals surface area contributed by atoms with Crippen LogP contribution in [0, 0.1) is 20.8 Å². The lowest BCUT2D eigenvalue weighted by Gasteiger charge is -2.08. The third-order valence-corrected chi connectivity index (χ3v) is 3.98. The van der Waals surface area contributed by atoms with Gasteiger partial charge in [-0.05, 0) is 75.2 Å². The first kappa shape index (κ1) is 17.7. The van der Waals surface area contributed by atoms with Crippen molar-refractivity contribution in [1.29, 1.82) is 0 Å². The molecule has 3 aromatic rings. The average molecular weight is 350 g/mol. The smallest absolute Gasteiger partial charge is 0.278 e. The third kappa shape index (κ3) is 3.74. The van der Waals surface area contributed by atoms with E-state index in [-0.39, 0.29) is 5.91 Å². The zero-order valence-electron chi connectivity index (χ0n) is 15.4. The van der Waals surface area contributed by atoms with Crippen LogP contribution in [0.1, 0.15) is 34.2 Å². The van der Waals surface area contributed by atoms with Crippen LogP contribution in [0.2, 0.25) is 0 Å². The van der Waals surface area contributed by atoms with E-state index >= 15 is 0 Å². The molecule has 1 aromatic heterocycles. The van der Waals surface area contributed by atoms with Gasteiger partial charge in [0, 0.05) is 5.69 Å². The lowest BCUT2D eigenvalue weighted by atomic mass is 10.1. The third-order valence-electron chi connectivity index (χ3n) is 3.98. The fourth-order valence-corrected chi connectivity index (χ4v) is 2.85. The minimum atomic E-state index is -0.290. The molecule has 0 aliphatic carbocycles. The van der Waals surface area contributed by atoms with Gasteiger partial charge in [-0.25, -0.2) is 4.68 Å². The van der Waals surface area contributed by atoms with Gasteiger partial charge in [-0.15, -0.1) is 5.10 Å². The van der Waals surface area contributed by atoms with Gasteiger partial charge in [0.2, 0.25) is 0 Å². The number of aromatic nitrogens is 3. The summed E-state index contributed by atoms with van der Waals surface area (Å²) < 4.78 is 7.09. The molecule has 0 spiro atoms. The Morgan fingerprint density at radius 1 is 1.08 bits per heavy atom. The fraction of sp³-hybridized carbons (Fsp3) is 0.250. The summed E-state index contributed by atoms with van der Waals surface area (Å²) in [6, 6.07) is 13.4. The zero-order valence-corrected chi connectivity index (χ0v) is 15.4. The van der Waals surface area contributed by atoms with Gasteiger partial charge in [0.15, 0.2) is 5.69 Å². The number of amides is 1. The van der Waals surface area contributed by atoms with Crippen LogP contribution in [0.25, 0.3) is 5.69 Å². The number of hydrogen-bond acceptors (Lipinski definition) is 4. The molecule has 0 atom stereocenters. The van der Waals surface area contributed by atoms with E-state index in [1.54, 1.807) is 16.8 Å². The van der Waals surface area contributed by atoms with Crippen LogP contribution in [-0.2, 0) is 0 Å². The molecule has 0 bridgehead atoms. The lowest BCUT2D eigenvalue weighted by Crippen LogP contribution is -2.14. The number of anilines is 1. The SMILES string of the molecule is CCOc1ccc(NC(=O)c2nnn(-c3cc(C)cc(C)c3)c2C)cc1. The van der Waals surface area contributed by atoms with Crippen molar-refractivity contribution in [2.45, 2.75) is 27.7 Å². The van der Waals surface area contributed by atoms with E-state index in [0.717, 1.165) is 22.6 Å². The topological polar surface area (TPSA) is 69.0 Å². The maximum absolute atomic E-state index is 12.6. The van der Waals surface area contributed by atoms with Crippen molar-refractivity contribution in [2.75, 3.05) is 11.9 Å². The standard InChI is InChI=1S/C20H22N4O2/c1-5-26-18-8-6-16(7-9-18)21-20(25)19-15(4)24(23-22-19)17-11-13(2)10-14(3)12-17/h6-12H,5H2,1-4H3,(H,21,25). The van der Waals surface area contributed by atoms with Crippen LogP contribution in [0.4, 0.5) is 5.69 Å². The van der Waals surface area contributed by atoms with Crippen LogP contribution in [0.3, 0.4) is 0 Å². The van der Waals surface area contributed by atoms with Crippen LogP contribution in [-0.4, -0.2) is 27.5 Å². The van der Waals surface area contributed by atoms with E-state index in [1.165, 1.54) is 0 Å². The van der Waals surface area contributed by atoms with Gasteiger partial charge in [-0.2, -0.15) is 0 Å². The molecule has 1 heterocycles. The van der Waals surface area contributed by atoms with Crippen molar-refractivity contribution in [2.24, 2.45) is 0 Å². The molecule has 1 N–H and O–H groups in total. The number of carbonyl (C=O) groups excluding carboxylic acids is 1. The molecule has 0 saturated heterocycles. The van der Waals surface area contributed by atoms with E-state index in [2.05, 4.69) is 21.7 Å². The Hall–Kier alpha value is -3.15. The predicted molar refractivity (Wildman–Crippen MR) is 101 cm³/mol.